The van der Waals surface area contributed by atoms with Crippen LogP contribution < -0.4 is 11.1 Å². The molecule has 1 aromatic carbocycles. The van der Waals surface area contributed by atoms with Gasteiger partial charge in [0.1, 0.15) is 0 Å². The van der Waals surface area contributed by atoms with Gasteiger partial charge in [-0.25, -0.2) is 4.68 Å². The van der Waals surface area contributed by atoms with Gasteiger partial charge in [0.2, 0.25) is 0 Å². The molecule has 0 unspecified atom stereocenters. The Hall–Kier alpha value is -3.00. The maximum atomic E-state index is 11.1. The first kappa shape index (κ1) is 16.8. The van der Waals surface area contributed by atoms with Gasteiger partial charge in [0, 0.05) is 30.9 Å². The van der Waals surface area contributed by atoms with E-state index >= 15 is 0 Å². The molecule has 0 aliphatic heterocycles. The number of rotatable bonds is 6. The van der Waals surface area contributed by atoms with Gasteiger partial charge in [0.05, 0.1) is 18.1 Å². The molecule has 0 fully saturated rings. The molecule has 2 heterocycles. The normalized spacial score (nSPS) is 12.3. The topological polar surface area (TPSA) is 104 Å². The standard InChI is InChI=1S/C17H21N7O/c1-11(19-8-14-9-20-23(3)12(14)2)13-4-6-15(7-5-13)24-10-16(17(18)25)21-22-24/h4-7,9-11,19H,8H2,1-3H3,(H2,18,25)/t11-/m1/s1. The number of amides is 1. The summed E-state index contributed by atoms with van der Waals surface area (Å²) in [5.74, 6) is -0.591. The Kier molecular flexibility index (Phi) is 4.62. The van der Waals surface area contributed by atoms with E-state index in [0.717, 1.165) is 23.5 Å². The molecule has 0 radical (unpaired) electrons. The van der Waals surface area contributed by atoms with Crippen molar-refractivity contribution in [1.29, 1.82) is 0 Å². The van der Waals surface area contributed by atoms with Gasteiger partial charge in [-0.15, -0.1) is 5.10 Å². The smallest absolute Gasteiger partial charge is 0.270 e. The van der Waals surface area contributed by atoms with Crippen molar-refractivity contribution < 1.29 is 4.79 Å². The summed E-state index contributed by atoms with van der Waals surface area (Å²) in [5.41, 5.74) is 9.66. The lowest BCUT2D eigenvalue weighted by Gasteiger charge is -2.14. The Bertz CT molecular complexity index is 879. The summed E-state index contributed by atoms with van der Waals surface area (Å²) >= 11 is 0. The predicted molar refractivity (Wildman–Crippen MR) is 93.1 cm³/mol. The van der Waals surface area contributed by atoms with E-state index in [-0.39, 0.29) is 11.7 Å². The molecule has 0 bridgehead atoms. The Morgan fingerprint density at radius 3 is 2.60 bits per heavy atom. The van der Waals surface area contributed by atoms with E-state index in [9.17, 15) is 4.79 Å². The molecule has 1 amide bonds. The van der Waals surface area contributed by atoms with Gasteiger partial charge in [-0.2, -0.15) is 5.10 Å². The van der Waals surface area contributed by atoms with E-state index < -0.39 is 5.91 Å². The lowest BCUT2D eigenvalue weighted by Crippen LogP contribution is -2.18. The van der Waals surface area contributed by atoms with E-state index in [1.54, 1.807) is 0 Å². The van der Waals surface area contributed by atoms with Crippen molar-refractivity contribution in [2.45, 2.75) is 26.4 Å². The summed E-state index contributed by atoms with van der Waals surface area (Å²) in [6.07, 6.45) is 3.41. The Labute approximate surface area is 145 Å². The van der Waals surface area contributed by atoms with Crippen LogP contribution in [-0.2, 0) is 13.6 Å². The average Bonchev–Trinajstić information content (AvgIpc) is 3.22. The van der Waals surface area contributed by atoms with E-state index in [2.05, 4.69) is 34.6 Å². The maximum absolute atomic E-state index is 11.1. The number of hydrogen-bond donors (Lipinski definition) is 2. The number of benzene rings is 1. The Morgan fingerprint density at radius 2 is 2.04 bits per heavy atom. The summed E-state index contributed by atoms with van der Waals surface area (Å²) in [5, 5.41) is 15.4. The second kappa shape index (κ2) is 6.86. The monoisotopic (exact) mass is 339 g/mol. The van der Waals surface area contributed by atoms with Crippen molar-refractivity contribution in [2.24, 2.45) is 12.8 Å². The molecule has 0 aliphatic rings. The molecular formula is C17H21N7O. The van der Waals surface area contributed by atoms with Crippen LogP contribution in [0.1, 0.15) is 40.3 Å². The van der Waals surface area contributed by atoms with Crippen LogP contribution in [0, 0.1) is 6.92 Å². The van der Waals surface area contributed by atoms with Crippen molar-refractivity contribution in [3.63, 3.8) is 0 Å². The van der Waals surface area contributed by atoms with E-state index in [1.165, 1.54) is 16.4 Å². The van der Waals surface area contributed by atoms with Gasteiger partial charge in [-0.3, -0.25) is 9.48 Å². The second-order valence-electron chi connectivity index (χ2n) is 5.99. The fraction of sp³-hybridized carbons (Fsp3) is 0.294. The van der Waals surface area contributed by atoms with E-state index in [1.807, 2.05) is 42.2 Å². The van der Waals surface area contributed by atoms with Crippen LogP contribution in [0.2, 0.25) is 0 Å². The minimum Gasteiger partial charge on any atom is -0.364 e. The third-order valence-corrected chi connectivity index (χ3v) is 4.34. The molecule has 1 atom stereocenters. The fourth-order valence-corrected chi connectivity index (χ4v) is 2.52. The number of carbonyl (C=O) groups is 1. The highest BCUT2D eigenvalue weighted by atomic mass is 16.1. The van der Waals surface area contributed by atoms with Crippen molar-refractivity contribution >= 4 is 5.91 Å². The highest BCUT2D eigenvalue weighted by Crippen LogP contribution is 2.16. The number of nitrogens with one attached hydrogen (secondary N) is 1. The number of nitrogens with two attached hydrogens (primary N) is 1. The molecule has 25 heavy (non-hydrogen) atoms. The van der Waals surface area contributed by atoms with E-state index in [0.29, 0.717) is 0 Å². The Morgan fingerprint density at radius 1 is 1.32 bits per heavy atom. The number of hydrogen-bond acceptors (Lipinski definition) is 5. The van der Waals surface area contributed by atoms with Crippen LogP contribution in [0.4, 0.5) is 0 Å². The predicted octanol–water partition coefficient (Wildman–Crippen LogP) is 1.26. The van der Waals surface area contributed by atoms with Crippen molar-refractivity contribution in [3.8, 4) is 5.69 Å². The number of nitrogens with zero attached hydrogens (tertiary/aromatic N) is 5. The molecule has 2 aromatic heterocycles. The highest BCUT2D eigenvalue weighted by Gasteiger charge is 2.10. The molecule has 0 saturated heterocycles. The third-order valence-electron chi connectivity index (χ3n) is 4.34. The molecule has 0 spiro atoms. The van der Waals surface area contributed by atoms with Gasteiger partial charge in [0.15, 0.2) is 5.69 Å². The van der Waals surface area contributed by atoms with Crippen molar-refractivity contribution in [2.75, 3.05) is 0 Å². The molecule has 3 N–H and O–H groups in total. The first-order valence-electron chi connectivity index (χ1n) is 7.99. The number of carbonyl (C=O) groups excluding carboxylic acids is 1. The fourth-order valence-electron chi connectivity index (χ4n) is 2.52. The zero-order valence-corrected chi connectivity index (χ0v) is 14.5. The van der Waals surface area contributed by atoms with Crippen LogP contribution >= 0.6 is 0 Å². The third kappa shape index (κ3) is 3.58. The van der Waals surface area contributed by atoms with Crippen LogP contribution in [0.5, 0.6) is 0 Å². The minimum atomic E-state index is -0.591. The Balaban J connectivity index is 1.66. The van der Waals surface area contributed by atoms with E-state index in [4.69, 9.17) is 5.73 Å². The summed E-state index contributed by atoms with van der Waals surface area (Å²) in [6, 6.07) is 8.10. The molecular weight excluding hydrogens is 318 g/mol. The summed E-state index contributed by atoms with van der Waals surface area (Å²) in [4.78, 5) is 11.1. The van der Waals surface area contributed by atoms with Crippen LogP contribution in [0.25, 0.3) is 5.69 Å². The van der Waals surface area contributed by atoms with Crippen molar-refractivity contribution in [1.82, 2.24) is 30.1 Å². The summed E-state index contributed by atoms with van der Waals surface area (Å²) < 4.78 is 3.40. The van der Waals surface area contributed by atoms with Crippen molar-refractivity contribution in [3.05, 3.63) is 59.2 Å². The quantitative estimate of drug-likeness (QED) is 0.703. The zero-order chi connectivity index (χ0) is 18.0. The molecule has 3 rings (SSSR count). The SMILES string of the molecule is Cc1c(CN[C@H](C)c2ccc(-n3cc(C(N)=O)nn3)cc2)cnn1C. The van der Waals surface area contributed by atoms with Crippen LogP contribution in [0.15, 0.2) is 36.7 Å². The molecule has 8 nitrogen and oxygen atoms in total. The highest BCUT2D eigenvalue weighted by molar-refractivity contribution is 5.90. The number of aryl methyl sites for hydroxylation is 1. The van der Waals surface area contributed by atoms with Gasteiger partial charge < -0.3 is 11.1 Å². The number of aromatic nitrogens is 5. The lowest BCUT2D eigenvalue weighted by molar-refractivity contribution is 0.0995. The first-order chi connectivity index (χ1) is 12.0. The molecule has 3 aromatic rings. The molecule has 0 saturated carbocycles. The summed E-state index contributed by atoms with van der Waals surface area (Å²) in [7, 11) is 1.94. The second-order valence-corrected chi connectivity index (χ2v) is 5.99. The summed E-state index contributed by atoms with van der Waals surface area (Å²) in [6.45, 7) is 4.93. The molecule has 8 heteroatoms. The number of primary amides is 1. The first-order valence-corrected chi connectivity index (χ1v) is 7.99. The van der Waals surface area contributed by atoms with Gasteiger partial charge >= 0.3 is 0 Å². The molecule has 0 aliphatic carbocycles. The average molecular weight is 339 g/mol. The van der Waals surface area contributed by atoms with Crippen LogP contribution in [-0.4, -0.2) is 30.7 Å². The van der Waals surface area contributed by atoms with Gasteiger partial charge in [-0.1, -0.05) is 17.3 Å². The molecule has 130 valence electrons. The zero-order valence-electron chi connectivity index (χ0n) is 14.5. The van der Waals surface area contributed by atoms with Gasteiger partial charge in [-0.05, 0) is 31.5 Å². The lowest BCUT2D eigenvalue weighted by atomic mass is 10.1. The van der Waals surface area contributed by atoms with Crippen LogP contribution in [0.3, 0.4) is 0 Å². The maximum Gasteiger partial charge on any atom is 0.270 e. The largest absolute Gasteiger partial charge is 0.364 e. The minimum absolute atomic E-state index is 0.144. The van der Waals surface area contributed by atoms with Gasteiger partial charge in [0.25, 0.3) is 5.91 Å².